The molecule has 178 valence electrons. The van der Waals surface area contributed by atoms with E-state index in [4.69, 9.17) is 32.9 Å². The number of rotatable bonds is 3. The number of hydrogen-bond donors (Lipinski definition) is 1. The molecule has 1 atom stereocenters. The quantitative estimate of drug-likeness (QED) is 0.350. The van der Waals surface area contributed by atoms with Gasteiger partial charge in [0.2, 0.25) is 11.8 Å². The van der Waals surface area contributed by atoms with Crippen molar-refractivity contribution >= 4 is 45.0 Å². The van der Waals surface area contributed by atoms with Gasteiger partial charge < -0.3 is 10.1 Å². The summed E-state index contributed by atoms with van der Waals surface area (Å²) in [6.07, 6.45) is 0.627. The van der Waals surface area contributed by atoms with E-state index in [1.807, 2.05) is 77.1 Å². The van der Waals surface area contributed by atoms with Crippen LogP contribution in [0.15, 0.2) is 53.0 Å². The Labute approximate surface area is 219 Å². The van der Waals surface area contributed by atoms with Gasteiger partial charge >= 0.3 is 0 Å². The van der Waals surface area contributed by atoms with Crippen molar-refractivity contribution in [2.75, 3.05) is 0 Å². The lowest BCUT2D eigenvalue weighted by Gasteiger charge is -2.38. The topological polar surface area (TPSA) is 51.2 Å². The number of carbonyl (C=O) groups is 1. The first kappa shape index (κ1) is 25.0. The SMILES string of the molecule is CC1(C)CC(NC(=O)C(C)(C)C)c2cc(-c3ccc(Cl)cc3)c(-c3ccc(Br)cc3Cl)nc2O1. The lowest BCUT2D eigenvalue weighted by atomic mass is 9.87. The molecule has 0 radical (unpaired) electrons. The van der Waals surface area contributed by atoms with E-state index in [2.05, 4.69) is 27.3 Å². The van der Waals surface area contributed by atoms with E-state index in [-0.39, 0.29) is 11.9 Å². The molecule has 2 aromatic carbocycles. The molecule has 0 bridgehead atoms. The summed E-state index contributed by atoms with van der Waals surface area (Å²) in [5.41, 5.74) is 3.16. The average molecular weight is 562 g/mol. The van der Waals surface area contributed by atoms with Gasteiger partial charge in [-0.1, -0.05) is 78.1 Å². The number of ether oxygens (including phenoxy) is 1. The lowest BCUT2D eigenvalue weighted by Crippen LogP contribution is -2.44. The smallest absolute Gasteiger partial charge is 0.225 e. The van der Waals surface area contributed by atoms with Gasteiger partial charge in [-0.15, -0.1) is 0 Å². The van der Waals surface area contributed by atoms with Gasteiger partial charge in [0, 0.05) is 38.0 Å². The summed E-state index contributed by atoms with van der Waals surface area (Å²) < 4.78 is 7.20. The summed E-state index contributed by atoms with van der Waals surface area (Å²) in [5, 5.41) is 4.45. The molecule has 1 N–H and O–H groups in total. The molecule has 7 heteroatoms. The number of hydrogen-bond acceptors (Lipinski definition) is 3. The Morgan fingerprint density at radius 2 is 1.76 bits per heavy atom. The number of pyridine rings is 1. The number of halogens is 3. The first-order chi connectivity index (χ1) is 15.8. The maximum absolute atomic E-state index is 12.9. The number of amides is 1. The number of nitrogens with one attached hydrogen (secondary N) is 1. The molecule has 0 saturated heterocycles. The van der Waals surface area contributed by atoms with Crippen molar-refractivity contribution in [3.8, 4) is 28.3 Å². The highest BCUT2D eigenvalue weighted by atomic mass is 79.9. The van der Waals surface area contributed by atoms with Crippen LogP contribution in [0.1, 0.15) is 52.6 Å². The van der Waals surface area contributed by atoms with Crippen LogP contribution in [0.5, 0.6) is 5.88 Å². The molecular weight excluding hydrogens is 535 g/mol. The largest absolute Gasteiger partial charge is 0.471 e. The van der Waals surface area contributed by atoms with Crippen molar-refractivity contribution in [1.82, 2.24) is 10.3 Å². The van der Waals surface area contributed by atoms with E-state index in [0.29, 0.717) is 28.0 Å². The number of benzene rings is 2. The second-order valence-electron chi connectivity index (χ2n) is 10.3. The third kappa shape index (κ3) is 5.27. The van der Waals surface area contributed by atoms with Gasteiger partial charge in [0.1, 0.15) is 5.60 Å². The second-order valence-corrected chi connectivity index (χ2v) is 12.0. The zero-order chi connectivity index (χ0) is 24.8. The molecule has 2 heterocycles. The molecule has 0 spiro atoms. The summed E-state index contributed by atoms with van der Waals surface area (Å²) >= 11 is 16.3. The van der Waals surface area contributed by atoms with Gasteiger partial charge in [-0.2, -0.15) is 0 Å². The van der Waals surface area contributed by atoms with Crippen molar-refractivity contribution in [1.29, 1.82) is 0 Å². The molecule has 1 aliphatic heterocycles. The minimum atomic E-state index is -0.514. The van der Waals surface area contributed by atoms with Gasteiger partial charge in [-0.25, -0.2) is 4.98 Å². The van der Waals surface area contributed by atoms with Crippen molar-refractivity contribution in [3.63, 3.8) is 0 Å². The van der Waals surface area contributed by atoms with Crippen LogP contribution in [0.3, 0.4) is 0 Å². The maximum Gasteiger partial charge on any atom is 0.225 e. The fraction of sp³-hybridized carbons (Fsp3) is 0.333. The van der Waals surface area contributed by atoms with Crippen LogP contribution in [0.4, 0.5) is 0 Å². The Kier molecular flexibility index (Phi) is 6.75. The molecule has 34 heavy (non-hydrogen) atoms. The minimum absolute atomic E-state index is 0.0192. The van der Waals surface area contributed by atoms with Crippen LogP contribution in [-0.2, 0) is 4.79 Å². The Balaban J connectivity index is 1.93. The number of nitrogens with zero attached hydrogens (tertiary/aromatic N) is 1. The minimum Gasteiger partial charge on any atom is -0.471 e. The summed E-state index contributed by atoms with van der Waals surface area (Å²) in [4.78, 5) is 17.9. The monoisotopic (exact) mass is 560 g/mol. The molecule has 4 rings (SSSR count). The summed E-state index contributed by atoms with van der Waals surface area (Å²) in [5.74, 6) is 0.483. The van der Waals surface area contributed by atoms with Crippen molar-refractivity contribution < 1.29 is 9.53 Å². The Morgan fingerprint density at radius 3 is 2.38 bits per heavy atom. The van der Waals surface area contributed by atoms with Gasteiger partial charge in [-0.05, 0) is 49.7 Å². The molecule has 0 aliphatic carbocycles. The Bertz CT molecular complexity index is 1250. The predicted molar refractivity (Wildman–Crippen MR) is 142 cm³/mol. The zero-order valence-electron chi connectivity index (χ0n) is 19.8. The third-order valence-corrected chi connectivity index (χ3v) is 6.85. The van der Waals surface area contributed by atoms with E-state index >= 15 is 0 Å². The van der Waals surface area contributed by atoms with Crippen LogP contribution >= 0.6 is 39.1 Å². The predicted octanol–water partition coefficient (Wildman–Crippen LogP) is 8.25. The fourth-order valence-corrected chi connectivity index (χ4v) is 4.88. The highest BCUT2D eigenvalue weighted by Crippen LogP contribution is 2.45. The van der Waals surface area contributed by atoms with Gasteiger partial charge in [-0.3, -0.25) is 4.79 Å². The molecule has 0 saturated carbocycles. The number of fused-ring (bicyclic) bond motifs is 1. The second kappa shape index (κ2) is 9.18. The fourth-order valence-electron chi connectivity index (χ4n) is 3.99. The van der Waals surface area contributed by atoms with Crippen LogP contribution in [0, 0.1) is 5.41 Å². The van der Waals surface area contributed by atoms with E-state index in [0.717, 1.165) is 26.7 Å². The van der Waals surface area contributed by atoms with Gasteiger partial charge in [0.05, 0.1) is 16.8 Å². The normalized spacial score (nSPS) is 17.0. The molecule has 4 nitrogen and oxygen atoms in total. The first-order valence-electron chi connectivity index (χ1n) is 11.1. The third-order valence-electron chi connectivity index (χ3n) is 5.79. The average Bonchev–Trinajstić information content (AvgIpc) is 2.72. The van der Waals surface area contributed by atoms with Crippen LogP contribution in [0.2, 0.25) is 10.0 Å². The molecule has 0 fully saturated rings. The van der Waals surface area contributed by atoms with Gasteiger partial charge in [0.25, 0.3) is 0 Å². The van der Waals surface area contributed by atoms with Crippen LogP contribution < -0.4 is 10.1 Å². The summed E-state index contributed by atoms with van der Waals surface area (Å²) in [6, 6.07) is 15.2. The van der Waals surface area contributed by atoms with Crippen molar-refractivity contribution in [2.24, 2.45) is 5.41 Å². The summed E-state index contributed by atoms with van der Waals surface area (Å²) in [7, 11) is 0. The first-order valence-corrected chi connectivity index (χ1v) is 12.7. The molecule has 3 aromatic rings. The van der Waals surface area contributed by atoms with Gasteiger partial charge in [0.15, 0.2) is 0 Å². The molecule has 1 amide bonds. The molecule has 1 aliphatic rings. The summed E-state index contributed by atoms with van der Waals surface area (Å²) in [6.45, 7) is 9.73. The highest BCUT2D eigenvalue weighted by Gasteiger charge is 2.38. The Morgan fingerprint density at radius 1 is 1.09 bits per heavy atom. The number of aromatic nitrogens is 1. The van der Waals surface area contributed by atoms with Crippen molar-refractivity contribution in [2.45, 2.75) is 52.7 Å². The molecular formula is C27H27BrCl2N2O2. The van der Waals surface area contributed by atoms with E-state index in [1.165, 1.54) is 0 Å². The highest BCUT2D eigenvalue weighted by molar-refractivity contribution is 9.10. The lowest BCUT2D eigenvalue weighted by molar-refractivity contribution is -0.129. The molecule has 1 unspecified atom stereocenters. The Hall–Kier alpha value is -2.08. The standard InChI is InChI=1S/C27H27BrCl2N2O2/c1-26(2,3)25(33)31-22-14-27(4,5)34-24-20(22)13-19(15-6-9-17(29)10-7-15)23(32-24)18-11-8-16(28)12-21(18)30/h6-13,22H,14H2,1-5H3,(H,31,33). The van der Waals surface area contributed by atoms with Crippen LogP contribution in [-0.4, -0.2) is 16.5 Å². The zero-order valence-corrected chi connectivity index (χ0v) is 22.9. The van der Waals surface area contributed by atoms with E-state index in [1.54, 1.807) is 0 Å². The number of carbonyl (C=O) groups excluding carboxylic acids is 1. The maximum atomic E-state index is 12.9. The van der Waals surface area contributed by atoms with Crippen LogP contribution in [0.25, 0.3) is 22.4 Å². The van der Waals surface area contributed by atoms with E-state index < -0.39 is 11.0 Å². The molecule has 1 aromatic heterocycles. The van der Waals surface area contributed by atoms with E-state index in [9.17, 15) is 4.79 Å². The van der Waals surface area contributed by atoms with Crippen molar-refractivity contribution in [3.05, 3.63) is 68.6 Å².